The van der Waals surface area contributed by atoms with Gasteiger partial charge in [0.15, 0.2) is 5.78 Å². The van der Waals surface area contributed by atoms with E-state index in [1.54, 1.807) is 12.1 Å². The Morgan fingerprint density at radius 3 is 2.21 bits per heavy atom. The molecule has 0 heterocycles. The first-order valence-electron chi connectivity index (χ1n) is 10.7. The number of hydrogen-bond donors (Lipinski definition) is 1. The minimum absolute atomic E-state index is 0.00927. The summed E-state index contributed by atoms with van der Waals surface area (Å²) in [6.07, 6.45) is 8.28. The van der Waals surface area contributed by atoms with E-state index in [9.17, 15) is 9.90 Å². The first-order valence-corrected chi connectivity index (χ1v) is 10.7. The predicted molar refractivity (Wildman–Crippen MR) is 116 cm³/mol. The highest BCUT2D eigenvalue weighted by atomic mass is 16.5. The average molecular weight is 383 g/mol. The smallest absolute Gasteiger partial charge is 0.169 e. The normalized spacial score (nSPS) is 12.0. The number of phenols is 1. The quantitative estimate of drug-likeness (QED) is 0.317. The topological polar surface area (TPSA) is 46.5 Å². The molecular weight excluding hydrogens is 348 g/mol. The molecule has 0 aliphatic carbocycles. The van der Waals surface area contributed by atoms with Crippen molar-refractivity contribution in [1.82, 2.24) is 0 Å². The average Bonchev–Trinajstić information content (AvgIpc) is 2.72. The van der Waals surface area contributed by atoms with Crippen LogP contribution in [0.4, 0.5) is 0 Å². The second-order valence-electron chi connectivity index (χ2n) is 7.55. The van der Waals surface area contributed by atoms with Crippen molar-refractivity contribution in [2.75, 3.05) is 6.61 Å². The minimum Gasteiger partial charge on any atom is -0.507 e. The fraction of sp³-hybridized carbons (Fsp3) is 0.480. The molecule has 0 aromatic heterocycles. The van der Waals surface area contributed by atoms with Gasteiger partial charge in [-0.1, -0.05) is 71.1 Å². The van der Waals surface area contributed by atoms with Crippen LogP contribution in [0.5, 0.6) is 11.5 Å². The third-order valence-electron chi connectivity index (χ3n) is 5.28. The lowest BCUT2D eigenvalue weighted by Crippen LogP contribution is -2.10. The Balaban J connectivity index is 1.90. The van der Waals surface area contributed by atoms with Crippen LogP contribution in [0.15, 0.2) is 42.5 Å². The molecule has 3 heteroatoms. The van der Waals surface area contributed by atoms with Gasteiger partial charge in [0.2, 0.25) is 0 Å². The number of rotatable bonds is 12. The van der Waals surface area contributed by atoms with Gasteiger partial charge in [0, 0.05) is 5.92 Å². The molecule has 2 aromatic carbocycles. The standard InChI is InChI=1S/C25H34O3/c1-4-6-7-8-9-10-17-28-22-14-11-20(12-15-22)21-13-16-23(24(26)18-21)25(27)19(3)5-2/h11-16,18-19,26H,4-10,17H2,1-3H3/t19-/m0/s1. The van der Waals surface area contributed by atoms with Crippen LogP contribution in [0, 0.1) is 5.92 Å². The summed E-state index contributed by atoms with van der Waals surface area (Å²) in [6, 6.07) is 13.2. The highest BCUT2D eigenvalue weighted by Crippen LogP contribution is 2.29. The summed E-state index contributed by atoms with van der Waals surface area (Å²) in [5.74, 6) is 0.820. The molecule has 1 N–H and O–H groups in total. The maximum absolute atomic E-state index is 12.3. The van der Waals surface area contributed by atoms with Gasteiger partial charge in [-0.25, -0.2) is 0 Å². The van der Waals surface area contributed by atoms with Gasteiger partial charge in [0.05, 0.1) is 12.2 Å². The lowest BCUT2D eigenvalue weighted by Gasteiger charge is -2.11. The maximum Gasteiger partial charge on any atom is 0.169 e. The van der Waals surface area contributed by atoms with Gasteiger partial charge in [-0.15, -0.1) is 0 Å². The number of unbranched alkanes of at least 4 members (excludes halogenated alkanes) is 5. The summed E-state index contributed by atoms with van der Waals surface area (Å²) in [5.41, 5.74) is 2.28. The number of phenolic OH excluding ortho intramolecular Hbond substituents is 1. The number of ketones is 1. The monoisotopic (exact) mass is 382 g/mol. The number of hydrogen-bond acceptors (Lipinski definition) is 3. The summed E-state index contributed by atoms with van der Waals surface area (Å²) in [7, 11) is 0. The van der Waals surface area contributed by atoms with E-state index in [1.807, 2.05) is 44.2 Å². The molecule has 0 amide bonds. The Morgan fingerprint density at radius 1 is 0.929 bits per heavy atom. The lowest BCUT2D eigenvalue weighted by atomic mass is 9.94. The number of benzene rings is 2. The van der Waals surface area contributed by atoms with Gasteiger partial charge >= 0.3 is 0 Å². The maximum atomic E-state index is 12.3. The van der Waals surface area contributed by atoms with Crippen LogP contribution >= 0.6 is 0 Å². The fourth-order valence-corrected chi connectivity index (χ4v) is 3.19. The molecule has 0 unspecified atom stereocenters. The molecular formula is C25H34O3. The lowest BCUT2D eigenvalue weighted by molar-refractivity contribution is 0.0924. The van der Waals surface area contributed by atoms with Crippen LogP contribution < -0.4 is 4.74 Å². The van der Waals surface area contributed by atoms with Crippen molar-refractivity contribution in [3.05, 3.63) is 48.0 Å². The van der Waals surface area contributed by atoms with E-state index in [-0.39, 0.29) is 17.5 Å². The van der Waals surface area contributed by atoms with Crippen LogP contribution in [0.2, 0.25) is 0 Å². The summed E-state index contributed by atoms with van der Waals surface area (Å²) >= 11 is 0. The molecule has 0 radical (unpaired) electrons. The predicted octanol–water partition coefficient (Wildman–Crippen LogP) is 7.03. The third-order valence-corrected chi connectivity index (χ3v) is 5.28. The van der Waals surface area contributed by atoms with Crippen molar-refractivity contribution >= 4 is 5.78 Å². The second-order valence-corrected chi connectivity index (χ2v) is 7.55. The van der Waals surface area contributed by atoms with E-state index in [1.165, 1.54) is 32.1 Å². The summed E-state index contributed by atoms with van der Waals surface area (Å²) in [6.45, 7) is 6.84. The Labute approximate surface area is 169 Å². The second kappa shape index (κ2) is 11.5. The van der Waals surface area contributed by atoms with Crippen molar-refractivity contribution in [3.8, 4) is 22.6 Å². The summed E-state index contributed by atoms with van der Waals surface area (Å²) in [5, 5.41) is 10.3. The van der Waals surface area contributed by atoms with E-state index in [2.05, 4.69) is 6.92 Å². The Bertz CT molecular complexity index is 734. The van der Waals surface area contributed by atoms with Crippen LogP contribution in [-0.2, 0) is 0 Å². The number of Topliss-reactive ketones (excluding diaryl/α,β-unsaturated/α-hetero) is 1. The van der Waals surface area contributed by atoms with E-state index in [4.69, 9.17) is 4.74 Å². The van der Waals surface area contributed by atoms with Gasteiger partial charge in [-0.2, -0.15) is 0 Å². The highest BCUT2D eigenvalue weighted by molar-refractivity contribution is 6.00. The zero-order valence-electron chi connectivity index (χ0n) is 17.5. The van der Waals surface area contributed by atoms with Crippen LogP contribution in [0.25, 0.3) is 11.1 Å². The first kappa shape index (κ1) is 22.0. The number of carbonyl (C=O) groups excluding carboxylic acids is 1. The van der Waals surface area contributed by atoms with Crippen molar-refractivity contribution < 1.29 is 14.6 Å². The molecule has 0 fully saturated rings. The number of carbonyl (C=O) groups is 1. The van der Waals surface area contributed by atoms with Crippen LogP contribution in [0.3, 0.4) is 0 Å². The Morgan fingerprint density at radius 2 is 1.57 bits per heavy atom. The zero-order chi connectivity index (χ0) is 20.4. The molecule has 152 valence electrons. The first-order chi connectivity index (χ1) is 13.6. The fourth-order valence-electron chi connectivity index (χ4n) is 3.19. The van der Waals surface area contributed by atoms with Crippen molar-refractivity contribution in [2.45, 2.75) is 65.7 Å². The van der Waals surface area contributed by atoms with E-state index in [0.717, 1.165) is 36.3 Å². The molecule has 1 atom stereocenters. The van der Waals surface area contributed by atoms with Gasteiger partial charge in [-0.3, -0.25) is 4.79 Å². The van der Waals surface area contributed by atoms with Crippen molar-refractivity contribution in [2.24, 2.45) is 5.92 Å². The van der Waals surface area contributed by atoms with Crippen LogP contribution in [0.1, 0.15) is 76.1 Å². The van der Waals surface area contributed by atoms with Gasteiger partial charge < -0.3 is 9.84 Å². The SMILES string of the molecule is CCCCCCCCOc1ccc(-c2ccc(C(=O)[C@@H](C)CC)c(O)c2)cc1. The summed E-state index contributed by atoms with van der Waals surface area (Å²) in [4.78, 5) is 12.3. The molecule has 0 bridgehead atoms. The molecule has 0 saturated heterocycles. The molecule has 2 rings (SSSR count). The molecule has 0 aliphatic rings. The molecule has 2 aromatic rings. The largest absolute Gasteiger partial charge is 0.507 e. The Hall–Kier alpha value is -2.29. The molecule has 0 aliphatic heterocycles. The molecule has 3 nitrogen and oxygen atoms in total. The van der Waals surface area contributed by atoms with Crippen molar-refractivity contribution in [1.29, 1.82) is 0 Å². The van der Waals surface area contributed by atoms with E-state index < -0.39 is 0 Å². The van der Waals surface area contributed by atoms with Crippen LogP contribution in [-0.4, -0.2) is 17.5 Å². The minimum atomic E-state index is -0.0835. The van der Waals surface area contributed by atoms with E-state index in [0.29, 0.717) is 5.56 Å². The van der Waals surface area contributed by atoms with Gasteiger partial charge in [0.1, 0.15) is 11.5 Å². The van der Waals surface area contributed by atoms with Gasteiger partial charge in [-0.05, 0) is 48.2 Å². The number of aromatic hydroxyl groups is 1. The molecule has 28 heavy (non-hydrogen) atoms. The number of ether oxygens (including phenoxy) is 1. The Kier molecular flexibility index (Phi) is 9.06. The van der Waals surface area contributed by atoms with Gasteiger partial charge in [0.25, 0.3) is 0 Å². The van der Waals surface area contributed by atoms with Crippen molar-refractivity contribution in [3.63, 3.8) is 0 Å². The molecule has 0 saturated carbocycles. The summed E-state index contributed by atoms with van der Waals surface area (Å²) < 4.78 is 5.82. The van der Waals surface area contributed by atoms with E-state index >= 15 is 0 Å². The molecule has 0 spiro atoms. The third kappa shape index (κ3) is 6.40. The highest BCUT2D eigenvalue weighted by Gasteiger charge is 2.17. The zero-order valence-corrected chi connectivity index (χ0v) is 17.5.